The van der Waals surface area contributed by atoms with E-state index in [1.807, 2.05) is 37.3 Å². The lowest BCUT2D eigenvalue weighted by molar-refractivity contribution is 0.0938. The van der Waals surface area contributed by atoms with E-state index in [0.29, 0.717) is 17.4 Å². The molecular weight excluding hydrogens is 284 g/mol. The number of hydrogen-bond donors (Lipinski definition) is 1. The second-order valence-electron chi connectivity index (χ2n) is 5.78. The van der Waals surface area contributed by atoms with Crippen LogP contribution in [0.15, 0.2) is 30.3 Å². The van der Waals surface area contributed by atoms with Gasteiger partial charge in [0, 0.05) is 23.0 Å². The smallest absolute Gasteiger partial charge is 0.252 e. The van der Waals surface area contributed by atoms with Gasteiger partial charge < -0.3 is 5.32 Å². The molecule has 1 N–H and O–H groups in total. The van der Waals surface area contributed by atoms with Crippen molar-refractivity contribution in [3.8, 4) is 0 Å². The molecule has 2 rings (SSSR count). The number of para-hydroxylation sites is 1. The molecular formula is C17H21ClN2O. The molecule has 1 amide bonds. The van der Waals surface area contributed by atoms with E-state index in [1.54, 1.807) is 0 Å². The largest absolute Gasteiger partial charge is 0.348 e. The van der Waals surface area contributed by atoms with Gasteiger partial charge in [-0.2, -0.15) is 0 Å². The maximum atomic E-state index is 12.6. The minimum absolute atomic E-state index is 0.00796. The summed E-state index contributed by atoms with van der Waals surface area (Å²) in [7, 11) is 0. The van der Waals surface area contributed by atoms with Crippen LogP contribution in [-0.4, -0.2) is 22.8 Å². The number of carbonyl (C=O) groups excluding carboxylic acids is 1. The molecule has 0 saturated heterocycles. The molecule has 112 valence electrons. The summed E-state index contributed by atoms with van der Waals surface area (Å²) >= 11 is 5.97. The fourth-order valence-electron chi connectivity index (χ4n) is 2.49. The number of alkyl halides is 1. The van der Waals surface area contributed by atoms with Gasteiger partial charge in [0.2, 0.25) is 0 Å². The minimum atomic E-state index is -0.0806. The topological polar surface area (TPSA) is 42.0 Å². The van der Waals surface area contributed by atoms with Crippen molar-refractivity contribution in [3.05, 3.63) is 41.6 Å². The summed E-state index contributed by atoms with van der Waals surface area (Å²) < 4.78 is 0. The van der Waals surface area contributed by atoms with E-state index in [9.17, 15) is 4.79 Å². The van der Waals surface area contributed by atoms with E-state index in [-0.39, 0.29) is 11.9 Å². The molecule has 21 heavy (non-hydrogen) atoms. The van der Waals surface area contributed by atoms with Crippen molar-refractivity contribution in [2.45, 2.75) is 33.2 Å². The number of nitrogens with one attached hydrogen (secondary N) is 1. The Morgan fingerprint density at radius 1 is 1.33 bits per heavy atom. The van der Waals surface area contributed by atoms with Gasteiger partial charge in [0.05, 0.1) is 11.1 Å². The second-order valence-corrected chi connectivity index (χ2v) is 6.09. The number of hydrogen-bond acceptors (Lipinski definition) is 2. The monoisotopic (exact) mass is 304 g/mol. The van der Waals surface area contributed by atoms with Crippen LogP contribution in [0.2, 0.25) is 0 Å². The Balaban J connectivity index is 2.30. The highest BCUT2D eigenvalue weighted by Gasteiger charge is 2.17. The van der Waals surface area contributed by atoms with Crippen molar-refractivity contribution in [1.29, 1.82) is 0 Å². The normalized spacial score (nSPS) is 12.6. The Kier molecular flexibility index (Phi) is 5.18. The van der Waals surface area contributed by atoms with Gasteiger partial charge in [0.25, 0.3) is 5.91 Å². The van der Waals surface area contributed by atoms with E-state index in [4.69, 9.17) is 11.6 Å². The molecule has 0 radical (unpaired) electrons. The van der Waals surface area contributed by atoms with Crippen molar-refractivity contribution in [3.63, 3.8) is 0 Å². The van der Waals surface area contributed by atoms with E-state index in [2.05, 4.69) is 24.1 Å². The average Bonchev–Trinajstić information content (AvgIpc) is 2.44. The Bertz CT molecular complexity index is 640. The van der Waals surface area contributed by atoms with Crippen LogP contribution >= 0.6 is 11.6 Å². The predicted molar refractivity (Wildman–Crippen MR) is 87.9 cm³/mol. The number of nitrogens with zero attached hydrogens (tertiary/aromatic N) is 1. The fraction of sp³-hybridized carbons (Fsp3) is 0.412. The highest BCUT2D eigenvalue weighted by Crippen LogP contribution is 2.18. The summed E-state index contributed by atoms with van der Waals surface area (Å²) in [5.74, 6) is 0.833. The SMILES string of the molecule is Cc1cc(C(=O)NC(CCl)CC(C)C)c2ccccc2n1. The predicted octanol–water partition coefficient (Wildman–Crippen LogP) is 3.93. The molecule has 0 fully saturated rings. The van der Waals surface area contributed by atoms with E-state index in [0.717, 1.165) is 23.0 Å². The minimum Gasteiger partial charge on any atom is -0.348 e. The van der Waals surface area contributed by atoms with Gasteiger partial charge in [0.15, 0.2) is 0 Å². The van der Waals surface area contributed by atoms with Gasteiger partial charge in [-0.05, 0) is 31.4 Å². The number of aryl methyl sites for hydroxylation is 1. The number of fused-ring (bicyclic) bond motifs is 1. The molecule has 1 atom stereocenters. The van der Waals surface area contributed by atoms with Gasteiger partial charge in [-0.15, -0.1) is 11.6 Å². The summed E-state index contributed by atoms with van der Waals surface area (Å²) in [6.45, 7) is 6.14. The third-order valence-electron chi connectivity index (χ3n) is 3.37. The molecule has 3 nitrogen and oxygen atoms in total. The first-order valence-corrected chi connectivity index (χ1v) is 7.78. The molecule has 1 heterocycles. The van der Waals surface area contributed by atoms with Crippen LogP contribution in [-0.2, 0) is 0 Å². The Hall–Kier alpha value is -1.61. The Labute approximate surface area is 130 Å². The lowest BCUT2D eigenvalue weighted by Crippen LogP contribution is -2.37. The van der Waals surface area contributed by atoms with Gasteiger partial charge in [0.1, 0.15) is 0 Å². The number of benzene rings is 1. The fourth-order valence-corrected chi connectivity index (χ4v) is 2.69. The quantitative estimate of drug-likeness (QED) is 0.851. The molecule has 2 aromatic rings. The van der Waals surface area contributed by atoms with E-state index < -0.39 is 0 Å². The molecule has 1 aromatic carbocycles. The van der Waals surface area contributed by atoms with Gasteiger partial charge in [-0.1, -0.05) is 32.0 Å². The van der Waals surface area contributed by atoms with E-state index in [1.165, 1.54) is 0 Å². The molecule has 0 aliphatic rings. The number of carbonyl (C=O) groups is 1. The summed E-state index contributed by atoms with van der Waals surface area (Å²) in [6.07, 6.45) is 0.872. The maximum Gasteiger partial charge on any atom is 0.252 e. The molecule has 0 bridgehead atoms. The summed E-state index contributed by atoms with van der Waals surface area (Å²) in [6, 6.07) is 9.52. The first-order chi connectivity index (χ1) is 10.0. The van der Waals surface area contributed by atoms with Crippen molar-refractivity contribution in [1.82, 2.24) is 10.3 Å². The zero-order chi connectivity index (χ0) is 15.4. The maximum absolute atomic E-state index is 12.6. The number of halogens is 1. The lowest BCUT2D eigenvalue weighted by atomic mass is 10.0. The summed E-state index contributed by atoms with van der Waals surface area (Å²) in [5.41, 5.74) is 2.34. The van der Waals surface area contributed by atoms with Gasteiger partial charge in [-0.25, -0.2) is 0 Å². The molecule has 1 unspecified atom stereocenters. The van der Waals surface area contributed by atoms with Gasteiger partial charge in [-0.3, -0.25) is 9.78 Å². The number of aromatic nitrogens is 1. The first-order valence-electron chi connectivity index (χ1n) is 7.24. The number of amides is 1. The van der Waals surface area contributed by atoms with E-state index >= 15 is 0 Å². The third kappa shape index (κ3) is 3.94. The lowest BCUT2D eigenvalue weighted by Gasteiger charge is -2.18. The molecule has 0 aliphatic carbocycles. The second kappa shape index (κ2) is 6.90. The zero-order valence-electron chi connectivity index (χ0n) is 12.7. The van der Waals surface area contributed by atoms with Gasteiger partial charge >= 0.3 is 0 Å². The molecule has 0 spiro atoms. The van der Waals surface area contributed by atoms with Crippen LogP contribution in [0, 0.1) is 12.8 Å². The van der Waals surface area contributed by atoms with Crippen LogP contribution in [0.1, 0.15) is 36.3 Å². The highest BCUT2D eigenvalue weighted by atomic mass is 35.5. The first kappa shape index (κ1) is 15.8. The number of rotatable bonds is 5. The standard InChI is InChI=1S/C17H21ClN2O/c1-11(2)8-13(10-18)20-17(21)15-9-12(3)19-16-7-5-4-6-14(15)16/h4-7,9,11,13H,8,10H2,1-3H3,(H,20,21). The van der Waals surface area contributed by atoms with Crippen molar-refractivity contribution in [2.75, 3.05) is 5.88 Å². The summed E-state index contributed by atoms with van der Waals surface area (Å²) in [5, 5.41) is 3.91. The molecule has 0 aliphatic heterocycles. The molecule has 1 aromatic heterocycles. The van der Waals surface area contributed by atoms with Crippen molar-refractivity contribution < 1.29 is 4.79 Å². The molecule has 4 heteroatoms. The van der Waals surface area contributed by atoms with Crippen LogP contribution in [0.25, 0.3) is 10.9 Å². The van der Waals surface area contributed by atoms with Crippen LogP contribution < -0.4 is 5.32 Å². The average molecular weight is 305 g/mol. The third-order valence-corrected chi connectivity index (χ3v) is 3.74. The van der Waals surface area contributed by atoms with Crippen LogP contribution in [0.4, 0.5) is 0 Å². The van der Waals surface area contributed by atoms with Crippen molar-refractivity contribution in [2.24, 2.45) is 5.92 Å². The number of pyridine rings is 1. The summed E-state index contributed by atoms with van der Waals surface area (Å²) in [4.78, 5) is 17.0. The zero-order valence-corrected chi connectivity index (χ0v) is 13.4. The van der Waals surface area contributed by atoms with Crippen LogP contribution in [0.3, 0.4) is 0 Å². The Morgan fingerprint density at radius 2 is 2.05 bits per heavy atom. The Morgan fingerprint density at radius 3 is 2.71 bits per heavy atom. The van der Waals surface area contributed by atoms with Crippen molar-refractivity contribution >= 4 is 28.4 Å². The van der Waals surface area contributed by atoms with Crippen LogP contribution in [0.5, 0.6) is 0 Å². The highest BCUT2D eigenvalue weighted by molar-refractivity contribution is 6.18. The molecule has 0 saturated carbocycles.